The summed E-state index contributed by atoms with van der Waals surface area (Å²) in [5.74, 6) is 0.432. The normalized spacial score (nSPS) is 10.5. The van der Waals surface area contributed by atoms with Crippen LogP contribution in [0.25, 0.3) is 0 Å². The van der Waals surface area contributed by atoms with Gasteiger partial charge in [-0.25, -0.2) is 0 Å². The molecule has 0 heterocycles. The molecule has 2 rings (SSSR count). The number of carbonyl (C=O) groups excluding carboxylic acids is 2. The predicted octanol–water partition coefficient (Wildman–Crippen LogP) is 2.31. The summed E-state index contributed by atoms with van der Waals surface area (Å²) in [5, 5.41) is 5.73. The van der Waals surface area contributed by atoms with Crippen molar-refractivity contribution >= 4 is 17.5 Å². The second kappa shape index (κ2) is 11.0. The van der Waals surface area contributed by atoms with Crippen molar-refractivity contribution in [3.63, 3.8) is 0 Å². The van der Waals surface area contributed by atoms with Crippen molar-refractivity contribution in [1.29, 1.82) is 0 Å². The van der Waals surface area contributed by atoms with Crippen LogP contribution in [0, 0.1) is 0 Å². The average molecular weight is 369 g/mol. The number of nitrogens with zero attached hydrogens (tertiary/aromatic N) is 1. The highest BCUT2D eigenvalue weighted by Crippen LogP contribution is 2.16. The molecule has 0 radical (unpaired) electrons. The molecule has 0 bridgehead atoms. The minimum atomic E-state index is -0.165. The molecule has 0 aliphatic heterocycles. The molecule has 0 aromatic heterocycles. The van der Waals surface area contributed by atoms with Gasteiger partial charge in [-0.15, -0.1) is 0 Å². The Hall–Kier alpha value is -2.86. The van der Waals surface area contributed by atoms with Gasteiger partial charge in [0, 0.05) is 18.3 Å². The number of hydrogen-bond acceptors (Lipinski definition) is 4. The van der Waals surface area contributed by atoms with E-state index in [9.17, 15) is 9.59 Å². The molecule has 0 saturated carbocycles. The van der Waals surface area contributed by atoms with Crippen LogP contribution in [0.15, 0.2) is 54.6 Å². The van der Waals surface area contributed by atoms with Crippen LogP contribution in [0.5, 0.6) is 5.75 Å². The first kappa shape index (κ1) is 20.5. The van der Waals surface area contributed by atoms with Crippen LogP contribution >= 0.6 is 0 Å². The van der Waals surface area contributed by atoms with Gasteiger partial charge >= 0.3 is 0 Å². The summed E-state index contributed by atoms with van der Waals surface area (Å²) in [6.45, 7) is 3.46. The van der Waals surface area contributed by atoms with Gasteiger partial charge in [0.25, 0.3) is 0 Å². The molecule has 27 heavy (non-hydrogen) atoms. The molecule has 0 atom stereocenters. The smallest absolute Gasteiger partial charge is 0.238 e. The zero-order valence-electron chi connectivity index (χ0n) is 15.9. The molecule has 2 N–H and O–H groups in total. The zero-order chi connectivity index (χ0) is 19.5. The van der Waals surface area contributed by atoms with Gasteiger partial charge in [-0.05, 0) is 30.7 Å². The molecule has 0 saturated heterocycles. The predicted molar refractivity (Wildman–Crippen MR) is 107 cm³/mol. The summed E-state index contributed by atoms with van der Waals surface area (Å²) in [6, 6.07) is 17.2. The van der Waals surface area contributed by atoms with E-state index in [1.807, 2.05) is 49.4 Å². The Kier molecular flexibility index (Phi) is 8.32. The highest BCUT2D eigenvalue weighted by molar-refractivity contribution is 5.92. The Balaban J connectivity index is 1.74. The highest BCUT2D eigenvalue weighted by Gasteiger charge is 2.13. The van der Waals surface area contributed by atoms with E-state index < -0.39 is 0 Å². The summed E-state index contributed by atoms with van der Waals surface area (Å²) in [7, 11) is 1.58. The molecule has 0 unspecified atom stereocenters. The number of ether oxygens (including phenoxy) is 1. The van der Waals surface area contributed by atoms with E-state index >= 15 is 0 Å². The third kappa shape index (κ3) is 7.50. The highest BCUT2D eigenvalue weighted by atomic mass is 16.5. The maximum absolute atomic E-state index is 12.2. The van der Waals surface area contributed by atoms with Gasteiger partial charge < -0.3 is 15.4 Å². The van der Waals surface area contributed by atoms with Crippen LogP contribution < -0.4 is 15.4 Å². The minimum absolute atomic E-state index is 0.0815. The minimum Gasteiger partial charge on any atom is -0.497 e. The van der Waals surface area contributed by atoms with Gasteiger partial charge in [0.05, 0.1) is 20.2 Å². The Morgan fingerprint density at radius 3 is 2.44 bits per heavy atom. The summed E-state index contributed by atoms with van der Waals surface area (Å²) in [5.41, 5.74) is 1.85. The zero-order valence-corrected chi connectivity index (χ0v) is 15.9. The SMILES string of the molecule is CCN(CC(=O)NCCc1ccccc1)CC(=O)Nc1cccc(OC)c1. The maximum Gasteiger partial charge on any atom is 0.238 e. The van der Waals surface area contributed by atoms with Crippen molar-refractivity contribution in [2.45, 2.75) is 13.3 Å². The summed E-state index contributed by atoms with van der Waals surface area (Å²) < 4.78 is 5.15. The number of anilines is 1. The number of likely N-dealkylation sites (N-methyl/N-ethyl adjacent to an activating group) is 1. The molecule has 0 aliphatic rings. The first-order valence-corrected chi connectivity index (χ1v) is 9.07. The fourth-order valence-corrected chi connectivity index (χ4v) is 2.63. The topological polar surface area (TPSA) is 70.7 Å². The number of nitrogens with one attached hydrogen (secondary N) is 2. The molecular formula is C21H27N3O3. The quantitative estimate of drug-likeness (QED) is 0.674. The average Bonchev–Trinajstić information content (AvgIpc) is 2.68. The van der Waals surface area contributed by atoms with E-state index in [0.717, 1.165) is 6.42 Å². The molecule has 144 valence electrons. The van der Waals surface area contributed by atoms with Crippen LogP contribution in [0.4, 0.5) is 5.69 Å². The van der Waals surface area contributed by atoms with Crippen LogP contribution in [0.3, 0.4) is 0 Å². The van der Waals surface area contributed by atoms with E-state index in [4.69, 9.17) is 4.74 Å². The summed E-state index contributed by atoms with van der Waals surface area (Å²) in [4.78, 5) is 26.2. The molecule has 0 fully saturated rings. The molecule has 2 amide bonds. The van der Waals surface area contributed by atoms with Crippen LogP contribution in [-0.4, -0.2) is 50.0 Å². The van der Waals surface area contributed by atoms with Crippen molar-refractivity contribution < 1.29 is 14.3 Å². The largest absolute Gasteiger partial charge is 0.497 e. The standard InChI is InChI=1S/C21H27N3O3/c1-3-24(15-20(25)22-13-12-17-8-5-4-6-9-17)16-21(26)23-18-10-7-11-19(14-18)27-2/h4-11,14H,3,12-13,15-16H2,1-2H3,(H,22,25)(H,23,26). The molecule has 2 aromatic rings. The third-order valence-electron chi connectivity index (χ3n) is 4.11. The van der Waals surface area contributed by atoms with Crippen molar-refractivity contribution in [3.05, 3.63) is 60.2 Å². The Labute approximate surface area is 160 Å². The second-order valence-corrected chi connectivity index (χ2v) is 6.17. The van der Waals surface area contributed by atoms with Gasteiger partial charge in [-0.1, -0.05) is 43.3 Å². The molecule has 0 spiro atoms. The van der Waals surface area contributed by atoms with Gasteiger partial charge in [0.1, 0.15) is 5.75 Å². The lowest BCUT2D eigenvalue weighted by Crippen LogP contribution is -2.41. The van der Waals surface area contributed by atoms with E-state index in [1.165, 1.54) is 5.56 Å². The van der Waals surface area contributed by atoms with Crippen molar-refractivity contribution in [2.24, 2.45) is 0 Å². The van der Waals surface area contributed by atoms with Crippen LogP contribution in [0.1, 0.15) is 12.5 Å². The van der Waals surface area contributed by atoms with Gasteiger partial charge in [-0.3, -0.25) is 14.5 Å². The number of rotatable bonds is 10. The first-order valence-electron chi connectivity index (χ1n) is 9.07. The summed E-state index contributed by atoms with van der Waals surface area (Å²) in [6.07, 6.45) is 0.787. The van der Waals surface area contributed by atoms with Crippen molar-refractivity contribution in [2.75, 3.05) is 38.6 Å². The molecule has 6 nitrogen and oxygen atoms in total. The van der Waals surface area contributed by atoms with E-state index in [0.29, 0.717) is 24.5 Å². The lowest BCUT2D eigenvalue weighted by atomic mass is 10.1. The Morgan fingerprint density at radius 1 is 1.00 bits per heavy atom. The first-order chi connectivity index (χ1) is 13.1. The number of amides is 2. The molecule has 6 heteroatoms. The van der Waals surface area contributed by atoms with E-state index in [2.05, 4.69) is 10.6 Å². The number of hydrogen-bond donors (Lipinski definition) is 2. The monoisotopic (exact) mass is 369 g/mol. The van der Waals surface area contributed by atoms with E-state index in [1.54, 1.807) is 24.1 Å². The summed E-state index contributed by atoms with van der Waals surface area (Å²) >= 11 is 0. The number of benzene rings is 2. The Morgan fingerprint density at radius 2 is 1.74 bits per heavy atom. The lowest BCUT2D eigenvalue weighted by Gasteiger charge is -2.19. The fourth-order valence-electron chi connectivity index (χ4n) is 2.63. The number of carbonyl (C=O) groups is 2. The van der Waals surface area contributed by atoms with Crippen molar-refractivity contribution in [3.8, 4) is 5.75 Å². The third-order valence-corrected chi connectivity index (χ3v) is 4.11. The van der Waals surface area contributed by atoms with E-state index in [-0.39, 0.29) is 24.9 Å². The number of methoxy groups -OCH3 is 1. The second-order valence-electron chi connectivity index (χ2n) is 6.17. The molecule has 2 aromatic carbocycles. The van der Waals surface area contributed by atoms with Crippen LogP contribution in [-0.2, 0) is 16.0 Å². The van der Waals surface area contributed by atoms with Gasteiger partial charge in [-0.2, -0.15) is 0 Å². The van der Waals surface area contributed by atoms with Crippen LogP contribution in [0.2, 0.25) is 0 Å². The fraction of sp³-hybridized carbons (Fsp3) is 0.333. The van der Waals surface area contributed by atoms with Gasteiger partial charge in [0.15, 0.2) is 0 Å². The Bertz CT molecular complexity index is 734. The lowest BCUT2D eigenvalue weighted by molar-refractivity contribution is -0.123. The maximum atomic E-state index is 12.2. The van der Waals surface area contributed by atoms with Crippen molar-refractivity contribution in [1.82, 2.24) is 10.2 Å². The molecular weight excluding hydrogens is 342 g/mol. The molecule has 0 aliphatic carbocycles. The van der Waals surface area contributed by atoms with Gasteiger partial charge in [0.2, 0.25) is 11.8 Å².